The van der Waals surface area contributed by atoms with E-state index in [1.807, 2.05) is 0 Å². The number of benzene rings is 1. The van der Waals surface area contributed by atoms with Gasteiger partial charge in [0.2, 0.25) is 0 Å². The first-order valence-electron chi connectivity index (χ1n) is 5.03. The van der Waals surface area contributed by atoms with E-state index in [1.165, 1.54) is 19.1 Å². The first kappa shape index (κ1) is 14.4. The molecular formula is C11H11F4NO2. The zero-order chi connectivity index (χ0) is 13.8. The highest BCUT2D eigenvalue weighted by Gasteiger charge is 2.29. The normalized spacial score (nSPS) is 13.2. The molecular weight excluding hydrogens is 254 g/mol. The van der Waals surface area contributed by atoms with Gasteiger partial charge in [0.15, 0.2) is 0 Å². The second-order valence-electron chi connectivity index (χ2n) is 3.56. The minimum Gasteiger partial charge on any atom is -0.359 e. The maximum absolute atomic E-state index is 12.6. The molecule has 1 N–H and O–H groups in total. The van der Waals surface area contributed by atoms with Crippen LogP contribution in [0.3, 0.4) is 0 Å². The summed E-state index contributed by atoms with van der Waals surface area (Å²) in [7, 11) is 0. The summed E-state index contributed by atoms with van der Waals surface area (Å²) in [4.78, 5) is 11.4. The van der Waals surface area contributed by atoms with Crippen LogP contribution in [0.25, 0.3) is 0 Å². The molecule has 100 valence electrons. The summed E-state index contributed by atoms with van der Waals surface area (Å²) in [5.74, 6) is -1.21. The van der Waals surface area contributed by atoms with Crippen molar-refractivity contribution in [2.75, 3.05) is 11.9 Å². The van der Waals surface area contributed by atoms with Crippen LogP contribution in [0.15, 0.2) is 24.3 Å². The van der Waals surface area contributed by atoms with E-state index in [4.69, 9.17) is 0 Å². The highest BCUT2D eigenvalue weighted by atomic mass is 19.4. The van der Waals surface area contributed by atoms with E-state index >= 15 is 0 Å². The Morgan fingerprint density at radius 1 is 1.33 bits per heavy atom. The Morgan fingerprint density at radius 3 is 2.39 bits per heavy atom. The summed E-state index contributed by atoms with van der Waals surface area (Å²) in [6.07, 6.45) is -5.73. The number of amides is 1. The molecule has 1 aromatic carbocycles. The van der Waals surface area contributed by atoms with Gasteiger partial charge < -0.3 is 10.1 Å². The lowest BCUT2D eigenvalue weighted by Crippen LogP contribution is -2.31. The summed E-state index contributed by atoms with van der Waals surface area (Å²) < 4.78 is 52.5. The molecule has 1 atom stereocenters. The van der Waals surface area contributed by atoms with Gasteiger partial charge in [0.25, 0.3) is 5.91 Å². The minimum absolute atomic E-state index is 0.281. The molecule has 18 heavy (non-hydrogen) atoms. The summed E-state index contributed by atoms with van der Waals surface area (Å²) >= 11 is 0. The van der Waals surface area contributed by atoms with E-state index in [0.29, 0.717) is 0 Å². The van der Waals surface area contributed by atoms with Crippen LogP contribution in [0.4, 0.5) is 23.2 Å². The molecule has 0 saturated carbocycles. The molecule has 1 rings (SSSR count). The first-order valence-corrected chi connectivity index (χ1v) is 5.03. The average molecular weight is 265 g/mol. The third-order valence-electron chi connectivity index (χ3n) is 1.98. The van der Waals surface area contributed by atoms with Gasteiger partial charge in [-0.05, 0) is 31.2 Å². The summed E-state index contributed by atoms with van der Waals surface area (Å²) in [5.41, 5.74) is 0.281. The van der Waals surface area contributed by atoms with Crippen molar-refractivity contribution >= 4 is 11.6 Å². The molecule has 0 saturated heterocycles. The lowest BCUT2D eigenvalue weighted by molar-refractivity contribution is -0.184. The molecule has 0 radical (unpaired) electrons. The van der Waals surface area contributed by atoms with Crippen molar-refractivity contribution in [3.8, 4) is 0 Å². The Balaban J connectivity index is 2.47. The van der Waals surface area contributed by atoms with Gasteiger partial charge in [-0.3, -0.25) is 4.79 Å². The number of rotatable bonds is 4. The zero-order valence-electron chi connectivity index (χ0n) is 9.42. The molecule has 3 nitrogen and oxygen atoms in total. The van der Waals surface area contributed by atoms with Gasteiger partial charge in [0.05, 0.1) is 0 Å². The molecule has 0 fully saturated rings. The van der Waals surface area contributed by atoms with E-state index in [9.17, 15) is 22.4 Å². The molecule has 0 bridgehead atoms. The van der Waals surface area contributed by atoms with Gasteiger partial charge in [-0.25, -0.2) is 4.39 Å². The lowest BCUT2D eigenvalue weighted by Gasteiger charge is -2.14. The summed E-state index contributed by atoms with van der Waals surface area (Å²) in [6.45, 7) is -0.296. The lowest BCUT2D eigenvalue weighted by atomic mass is 10.3. The third kappa shape index (κ3) is 5.13. The summed E-state index contributed by atoms with van der Waals surface area (Å²) in [6, 6.07) is 4.83. The van der Waals surface area contributed by atoms with Crippen LogP contribution in [0.2, 0.25) is 0 Å². The molecule has 0 aromatic heterocycles. The van der Waals surface area contributed by atoms with E-state index in [1.54, 1.807) is 0 Å². The van der Waals surface area contributed by atoms with Crippen molar-refractivity contribution in [2.45, 2.75) is 19.2 Å². The Morgan fingerprint density at radius 2 is 1.89 bits per heavy atom. The third-order valence-corrected chi connectivity index (χ3v) is 1.98. The van der Waals surface area contributed by atoms with Crippen molar-refractivity contribution in [1.82, 2.24) is 0 Å². The number of hydrogen-bond acceptors (Lipinski definition) is 2. The van der Waals surface area contributed by atoms with E-state index in [0.717, 1.165) is 12.1 Å². The first-order chi connectivity index (χ1) is 8.28. The Kier molecular flexibility index (Phi) is 4.66. The number of ether oxygens (including phenoxy) is 1. The Labute approximate surface area is 101 Å². The molecule has 0 aliphatic carbocycles. The predicted molar refractivity (Wildman–Crippen MR) is 56.5 cm³/mol. The molecule has 0 heterocycles. The second kappa shape index (κ2) is 5.81. The van der Waals surface area contributed by atoms with Crippen LogP contribution >= 0.6 is 0 Å². The van der Waals surface area contributed by atoms with E-state index in [-0.39, 0.29) is 5.69 Å². The molecule has 0 aliphatic heterocycles. The van der Waals surface area contributed by atoms with Crippen LogP contribution in [0.1, 0.15) is 6.92 Å². The van der Waals surface area contributed by atoms with Gasteiger partial charge in [-0.2, -0.15) is 13.2 Å². The fourth-order valence-corrected chi connectivity index (χ4v) is 1.07. The highest BCUT2D eigenvalue weighted by molar-refractivity contribution is 5.93. The molecule has 1 aromatic rings. The molecule has 0 aliphatic rings. The van der Waals surface area contributed by atoms with Crippen molar-refractivity contribution in [3.63, 3.8) is 0 Å². The fourth-order valence-electron chi connectivity index (χ4n) is 1.07. The van der Waals surface area contributed by atoms with Crippen LogP contribution < -0.4 is 5.32 Å². The topological polar surface area (TPSA) is 38.3 Å². The molecule has 1 amide bonds. The van der Waals surface area contributed by atoms with E-state index in [2.05, 4.69) is 10.1 Å². The largest absolute Gasteiger partial charge is 0.411 e. The minimum atomic E-state index is -4.48. The van der Waals surface area contributed by atoms with Crippen molar-refractivity contribution in [2.24, 2.45) is 0 Å². The van der Waals surface area contributed by atoms with Crippen molar-refractivity contribution < 1.29 is 27.1 Å². The number of alkyl halides is 3. The molecule has 1 unspecified atom stereocenters. The van der Waals surface area contributed by atoms with E-state index < -0.39 is 30.6 Å². The van der Waals surface area contributed by atoms with Crippen LogP contribution in [0, 0.1) is 5.82 Å². The second-order valence-corrected chi connectivity index (χ2v) is 3.56. The fraction of sp³-hybridized carbons (Fsp3) is 0.364. The van der Waals surface area contributed by atoms with Gasteiger partial charge in [-0.1, -0.05) is 0 Å². The van der Waals surface area contributed by atoms with Crippen molar-refractivity contribution in [1.29, 1.82) is 0 Å². The monoisotopic (exact) mass is 265 g/mol. The highest BCUT2D eigenvalue weighted by Crippen LogP contribution is 2.16. The van der Waals surface area contributed by atoms with Gasteiger partial charge in [0, 0.05) is 5.69 Å². The predicted octanol–water partition coefficient (Wildman–Crippen LogP) is 2.73. The zero-order valence-corrected chi connectivity index (χ0v) is 9.42. The van der Waals surface area contributed by atoms with Crippen LogP contribution in [-0.2, 0) is 9.53 Å². The number of anilines is 1. The number of halogens is 4. The average Bonchev–Trinajstić information content (AvgIpc) is 2.28. The maximum atomic E-state index is 12.6. The maximum Gasteiger partial charge on any atom is 0.411 e. The quantitative estimate of drug-likeness (QED) is 0.850. The van der Waals surface area contributed by atoms with Gasteiger partial charge in [0.1, 0.15) is 18.5 Å². The number of nitrogens with one attached hydrogen (secondary N) is 1. The number of carbonyl (C=O) groups is 1. The number of hydrogen-bond donors (Lipinski definition) is 1. The standard InChI is InChI=1S/C11H11F4NO2/c1-7(18-6-11(13,14)15)10(17)16-9-4-2-8(12)3-5-9/h2-5,7H,6H2,1H3,(H,16,17). The van der Waals surface area contributed by atoms with Crippen LogP contribution in [-0.4, -0.2) is 24.8 Å². The van der Waals surface area contributed by atoms with Crippen LogP contribution in [0.5, 0.6) is 0 Å². The van der Waals surface area contributed by atoms with Gasteiger partial charge >= 0.3 is 6.18 Å². The molecule has 7 heteroatoms. The van der Waals surface area contributed by atoms with Crippen molar-refractivity contribution in [3.05, 3.63) is 30.1 Å². The molecule has 0 spiro atoms. The smallest absolute Gasteiger partial charge is 0.359 e. The summed E-state index contributed by atoms with van der Waals surface area (Å²) in [5, 5.41) is 2.31. The number of carbonyl (C=O) groups excluding carboxylic acids is 1. The SMILES string of the molecule is CC(OCC(F)(F)F)C(=O)Nc1ccc(F)cc1. The Hall–Kier alpha value is -1.63. The van der Waals surface area contributed by atoms with Gasteiger partial charge in [-0.15, -0.1) is 0 Å². The Bertz CT molecular complexity index is 402.